The van der Waals surface area contributed by atoms with Crippen LogP contribution in [0.5, 0.6) is 0 Å². The first kappa shape index (κ1) is 8.97. The second-order valence-corrected chi connectivity index (χ2v) is 2.96. The van der Waals surface area contributed by atoms with Gasteiger partial charge >= 0.3 is 0 Å². The molecular weight excluding hydrogens is 154 g/mol. The van der Waals surface area contributed by atoms with Crippen LogP contribution in [0, 0.1) is 11.8 Å². The van der Waals surface area contributed by atoms with Gasteiger partial charge in [0.25, 0.3) is 0 Å². The highest BCUT2D eigenvalue weighted by atomic mass is 16.2. The van der Waals surface area contributed by atoms with E-state index in [1.165, 1.54) is 0 Å². The van der Waals surface area contributed by atoms with E-state index in [1.807, 2.05) is 12.2 Å². The van der Waals surface area contributed by atoms with Crippen molar-refractivity contribution in [2.24, 2.45) is 11.8 Å². The Labute approximate surface area is 71.8 Å². The molecule has 0 saturated carbocycles. The highest BCUT2D eigenvalue weighted by Gasteiger charge is 2.27. The quantitative estimate of drug-likeness (QED) is 0.481. The number of hydrogen-bond acceptors (Lipinski definition) is 2. The maximum atomic E-state index is 11.2. The zero-order valence-electron chi connectivity index (χ0n) is 7.12. The summed E-state index contributed by atoms with van der Waals surface area (Å²) < 4.78 is 0. The molecule has 3 nitrogen and oxygen atoms in total. The molecule has 2 unspecified atom stereocenters. The molecule has 0 heterocycles. The number of nitrogens with one attached hydrogen (secondary N) is 1. The van der Waals surface area contributed by atoms with Crippen LogP contribution < -0.4 is 5.32 Å². The van der Waals surface area contributed by atoms with Gasteiger partial charge in [0.15, 0.2) is 0 Å². The Bertz CT molecular complexity index is 211. The van der Waals surface area contributed by atoms with Crippen molar-refractivity contribution in [2.45, 2.75) is 12.8 Å². The van der Waals surface area contributed by atoms with Crippen LogP contribution in [0.3, 0.4) is 0 Å². The van der Waals surface area contributed by atoms with Crippen LogP contribution in [0.15, 0.2) is 12.2 Å². The van der Waals surface area contributed by atoms with E-state index >= 15 is 0 Å². The number of allylic oxidation sites excluding steroid dienone is 2. The maximum absolute atomic E-state index is 11.2. The lowest BCUT2D eigenvalue weighted by molar-refractivity contribution is -0.129. The van der Waals surface area contributed by atoms with E-state index in [9.17, 15) is 9.59 Å². The van der Waals surface area contributed by atoms with E-state index in [4.69, 9.17) is 0 Å². The SMILES string of the molecule is CNC(=O)C1CC=CCC1C=O. The zero-order chi connectivity index (χ0) is 8.97. The number of rotatable bonds is 2. The van der Waals surface area contributed by atoms with Crippen LogP contribution in [0.2, 0.25) is 0 Å². The van der Waals surface area contributed by atoms with Gasteiger partial charge in [-0.2, -0.15) is 0 Å². The molecule has 0 fully saturated rings. The number of amides is 1. The minimum atomic E-state index is -0.155. The summed E-state index contributed by atoms with van der Waals surface area (Å²) in [5.41, 5.74) is 0. The van der Waals surface area contributed by atoms with Crippen molar-refractivity contribution in [3.63, 3.8) is 0 Å². The molecule has 3 heteroatoms. The molecule has 0 aromatic rings. The standard InChI is InChI=1S/C9H13NO2/c1-10-9(12)8-5-3-2-4-7(8)6-11/h2-3,6-8H,4-5H2,1H3,(H,10,12). The summed E-state index contributed by atoms with van der Waals surface area (Å²) >= 11 is 0. The second kappa shape index (κ2) is 4.04. The highest BCUT2D eigenvalue weighted by Crippen LogP contribution is 2.23. The molecule has 0 radical (unpaired) electrons. The predicted molar refractivity (Wildman–Crippen MR) is 45.5 cm³/mol. The first-order valence-corrected chi connectivity index (χ1v) is 4.11. The van der Waals surface area contributed by atoms with Gasteiger partial charge in [0, 0.05) is 13.0 Å². The molecular formula is C9H13NO2. The lowest BCUT2D eigenvalue weighted by atomic mass is 9.83. The molecule has 1 aliphatic carbocycles. The summed E-state index contributed by atoms with van der Waals surface area (Å²) in [4.78, 5) is 21.8. The normalized spacial score (nSPS) is 28.1. The Balaban J connectivity index is 2.66. The summed E-state index contributed by atoms with van der Waals surface area (Å²) in [6.07, 6.45) is 6.17. The third-order valence-corrected chi connectivity index (χ3v) is 2.24. The van der Waals surface area contributed by atoms with Crippen molar-refractivity contribution in [3.8, 4) is 0 Å². The lowest BCUT2D eigenvalue weighted by Crippen LogP contribution is -2.34. The predicted octanol–water partition coefficient (Wildman–Crippen LogP) is 0.514. The Morgan fingerprint density at radius 3 is 2.75 bits per heavy atom. The van der Waals surface area contributed by atoms with Crippen LogP contribution in [0.25, 0.3) is 0 Å². The molecule has 0 saturated heterocycles. The van der Waals surface area contributed by atoms with Gasteiger partial charge in [-0.05, 0) is 12.8 Å². The smallest absolute Gasteiger partial charge is 0.223 e. The average Bonchev–Trinajstić information content (AvgIpc) is 2.16. The fraction of sp³-hybridized carbons (Fsp3) is 0.556. The van der Waals surface area contributed by atoms with Crippen LogP contribution >= 0.6 is 0 Å². The number of aldehydes is 1. The van der Waals surface area contributed by atoms with E-state index in [2.05, 4.69) is 5.32 Å². The molecule has 1 rings (SSSR count). The molecule has 0 aliphatic heterocycles. The van der Waals surface area contributed by atoms with Crippen molar-refractivity contribution in [3.05, 3.63) is 12.2 Å². The van der Waals surface area contributed by atoms with Gasteiger partial charge in [0.2, 0.25) is 5.91 Å². The van der Waals surface area contributed by atoms with Crippen molar-refractivity contribution >= 4 is 12.2 Å². The molecule has 66 valence electrons. The molecule has 2 atom stereocenters. The van der Waals surface area contributed by atoms with Gasteiger partial charge in [-0.15, -0.1) is 0 Å². The Kier molecular flexibility index (Phi) is 3.02. The average molecular weight is 167 g/mol. The third kappa shape index (κ3) is 1.72. The van der Waals surface area contributed by atoms with Crippen molar-refractivity contribution < 1.29 is 9.59 Å². The van der Waals surface area contributed by atoms with Gasteiger partial charge < -0.3 is 10.1 Å². The van der Waals surface area contributed by atoms with Gasteiger partial charge in [-0.1, -0.05) is 12.2 Å². The topological polar surface area (TPSA) is 46.2 Å². The monoisotopic (exact) mass is 167 g/mol. The van der Waals surface area contributed by atoms with Crippen LogP contribution in [-0.2, 0) is 9.59 Å². The highest BCUT2D eigenvalue weighted by molar-refractivity contribution is 5.82. The van der Waals surface area contributed by atoms with Gasteiger partial charge in [0.1, 0.15) is 6.29 Å². The minimum Gasteiger partial charge on any atom is -0.359 e. The summed E-state index contributed by atoms with van der Waals surface area (Å²) in [7, 11) is 1.60. The van der Waals surface area contributed by atoms with Crippen LogP contribution in [0.4, 0.5) is 0 Å². The first-order valence-electron chi connectivity index (χ1n) is 4.11. The summed E-state index contributed by atoms with van der Waals surface area (Å²) in [5.74, 6) is -0.316. The molecule has 0 spiro atoms. The zero-order valence-corrected chi connectivity index (χ0v) is 7.12. The number of carbonyl (C=O) groups is 2. The molecule has 1 amide bonds. The molecule has 1 aliphatic rings. The third-order valence-electron chi connectivity index (χ3n) is 2.24. The molecule has 0 bridgehead atoms. The molecule has 12 heavy (non-hydrogen) atoms. The molecule has 0 aromatic heterocycles. The van der Waals surface area contributed by atoms with Gasteiger partial charge in [-0.3, -0.25) is 4.79 Å². The minimum absolute atomic E-state index is 0.0311. The Hall–Kier alpha value is -1.12. The first-order chi connectivity index (χ1) is 5.79. The van der Waals surface area contributed by atoms with Crippen molar-refractivity contribution in [2.75, 3.05) is 7.05 Å². The second-order valence-electron chi connectivity index (χ2n) is 2.96. The Morgan fingerprint density at radius 2 is 2.17 bits per heavy atom. The lowest BCUT2D eigenvalue weighted by Gasteiger charge is -2.21. The van der Waals surface area contributed by atoms with Crippen LogP contribution in [0.1, 0.15) is 12.8 Å². The van der Waals surface area contributed by atoms with Gasteiger partial charge in [0.05, 0.1) is 5.92 Å². The number of carbonyl (C=O) groups excluding carboxylic acids is 2. The summed E-state index contributed by atoms with van der Waals surface area (Å²) in [6, 6.07) is 0. The maximum Gasteiger partial charge on any atom is 0.223 e. The molecule has 0 aromatic carbocycles. The molecule has 1 N–H and O–H groups in total. The van der Waals surface area contributed by atoms with Crippen LogP contribution in [-0.4, -0.2) is 19.2 Å². The van der Waals surface area contributed by atoms with E-state index in [-0.39, 0.29) is 17.7 Å². The fourth-order valence-electron chi connectivity index (χ4n) is 1.47. The Morgan fingerprint density at radius 1 is 1.50 bits per heavy atom. The van der Waals surface area contributed by atoms with E-state index < -0.39 is 0 Å². The van der Waals surface area contributed by atoms with E-state index in [0.717, 1.165) is 6.29 Å². The largest absolute Gasteiger partial charge is 0.359 e. The fourth-order valence-corrected chi connectivity index (χ4v) is 1.47. The summed E-state index contributed by atoms with van der Waals surface area (Å²) in [5, 5.41) is 2.57. The van der Waals surface area contributed by atoms with E-state index in [0.29, 0.717) is 12.8 Å². The number of hydrogen-bond donors (Lipinski definition) is 1. The summed E-state index contributed by atoms with van der Waals surface area (Å²) in [6.45, 7) is 0. The van der Waals surface area contributed by atoms with Crippen molar-refractivity contribution in [1.29, 1.82) is 0 Å². The van der Waals surface area contributed by atoms with Gasteiger partial charge in [-0.25, -0.2) is 0 Å². The van der Waals surface area contributed by atoms with Crippen molar-refractivity contribution in [1.82, 2.24) is 5.32 Å². The van der Waals surface area contributed by atoms with E-state index in [1.54, 1.807) is 7.05 Å².